The quantitative estimate of drug-likeness (QED) is 0.291. The number of ether oxygens (including phenoxy) is 2. The molecule has 3 aliphatic carbocycles. The first-order valence-electron chi connectivity index (χ1n) is 10.0. The van der Waals surface area contributed by atoms with E-state index in [9.17, 15) is 19.2 Å². The lowest BCUT2D eigenvalue weighted by molar-refractivity contribution is -0.109. The van der Waals surface area contributed by atoms with Crippen LogP contribution in [-0.4, -0.2) is 35.0 Å². The zero-order valence-corrected chi connectivity index (χ0v) is 16.5. The van der Waals surface area contributed by atoms with Gasteiger partial charge in [0.2, 0.25) is 0 Å². The fraction of sp³-hybridized carbons (Fsp3) is 0.273. The van der Waals surface area contributed by atoms with Gasteiger partial charge >= 0.3 is 23.9 Å². The van der Waals surface area contributed by atoms with Crippen molar-refractivity contribution in [2.75, 3.05) is 0 Å². The second-order valence-corrected chi connectivity index (χ2v) is 9.38. The number of rotatable bonds is 0. The van der Waals surface area contributed by atoms with E-state index in [-0.39, 0.29) is 35.1 Å². The predicted molar refractivity (Wildman–Crippen MR) is 105 cm³/mol. The Morgan fingerprint density at radius 2 is 0.875 bits per heavy atom. The Kier molecular flexibility index (Phi) is 2.65. The van der Waals surface area contributed by atoms with Crippen molar-refractivity contribution in [2.24, 2.45) is 22.9 Å². The number of fused-ring (bicyclic) bond motifs is 10. The standard InChI is InChI=1S/C22H16N4O6/c23-19-5-7-1-9-11(17(29)31-15(9)27)3-13(7)21(19,25)22(26)14-4-12-10(16(28)32-18(12)30)2-8(14)6-20(19,22)24/h1-4H,5-6,23-26H2. The summed E-state index contributed by atoms with van der Waals surface area (Å²) in [6, 6.07) is 6.18. The summed E-state index contributed by atoms with van der Waals surface area (Å²) in [7, 11) is 0. The number of carbonyl (C=O) groups is 4. The molecule has 4 atom stereocenters. The zero-order chi connectivity index (χ0) is 22.6. The number of hydrogen-bond acceptors (Lipinski definition) is 10. The molecule has 0 saturated heterocycles. The molecule has 0 bridgehead atoms. The van der Waals surface area contributed by atoms with Gasteiger partial charge in [-0.1, -0.05) is 0 Å². The molecule has 1 fully saturated rings. The van der Waals surface area contributed by atoms with E-state index in [1.807, 2.05) is 0 Å². The SMILES string of the molecule is NC12Cc3cc4c(cc3C1(N)C1(N)c3cc5c(cc3CC21N)C(=O)OC5=O)C(=O)OC4=O. The third-order valence-electron chi connectivity index (χ3n) is 8.35. The molecule has 2 aromatic rings. The van der Waals surface area contributed by atoms with Crippen molar-refractivity contribution in [1.82, 2.24) is 0 Å². The van der Waals surface area contributed by atoms with Crippen molar-refractivity contribution in [3.8, 4) is 0 Å². The predicted octanol–water partition coefficient (Wildman–Crippen LogP) is -1.16. The molecule has 2 aliphatic heterocycles. The molecular weight excluding hydrogens is 416 g/mol. The van der Waals surface area contributed by atoms with Crippen LogP contribution in [0.2, 0.25) is 0 Å². The largest absolute Gasteiger partial charge is 0.386 e. The minimum Gasteiger partial charge on any atom is -0.386 e. The first-order valence-corrected chi connectivity index (χ1v) is 10.0. The van der Waals surface area contributed by atoms with Gasteiger partial charge in [-0.05, 0) is 59.4 Å². The Morgan fingerprint density at radius 3 is 1.22 bits per heavy atom. The van der Waals surface area contributed by atoms with Gasteiger partial charge in [0.05, 0.1) is 44.4 Å². The normalized spacial score (nSPS) is 37.1. The van der Waals surface area contributed by atoms with Crippen molar-refractivity contribution < 1.29 is 28.7 Å². The Bertz CT molecular complexity index is 1330. The molecule has 2 aromatic carbocycles. The van der Waals surface area contributed by atoms with E-state index in [2.05, 4.69) is 0 Å². The fourth-order valence-electron chi connectivity index (χ4n) is 6.82. The molecule has 7 rings (SSSR count). The van der Waals surface area contributed by atoms with Crippen molar-refractivity contribution in [3.05, 3.63) is 68.8 Å². The highest BCUT2D eigenvalue weighted by molar-refractivity contribution is 6.16. The molecule has 8 N–H and O–H groups in total. The molecular formula is C22H16N4O6. The minimum absolute atomic E-state index is 0.0993. The summed E-state index contributed by atoms with van der Waals surface area (Å²) in [6.45, 7) is 0. The van der Waals surface area contributed by atoms with Crippen LogP contribution in [0.3, 0.4) is 0 Å². The van der Waals surface area contributed by atoms with Crippen LogP contribution in [0.5, 0.6) is 0 Å². The van der Waals surface area contributed by atoms with Gasteiger partial charge in [0.25, 0.3) is 0 Å². The first-order chi connectivity index (χ1) is 15.0. The van der Waals surface area contributed by atoms with Crippen molar-refractivity contribution in [2.45, 2.75) is 35.0 Å². The Morgan fingerprint density at radius 1 is 0.562 bits per heavy atom. The number of hydrogen-bond donors (Lipinski definition) is 4. The number of carbonyl (C=O) groups excluding carboxylic acids is 4. The molecule has 1 saturated carbocycles. The summed E-state index contributed by atoms with van der Waals surface area (Å²) >= 11 is 0. The lowest BCUT2D eigenvalue weighted by Crippen LogP contribution is -3.00. The number of benzene rings is 2. The molecule has 2 heterocycles. The second-order valence-electron chi connectivity index (χ2n) is 9.38. The third-order valence-corrected chi connectivity index (χ3v) is 8.35. The van der Waals surface area contributed by atoms with E-state index in [1.54, 1.807) is 12.1 Å². The maximum Gasteiger partial charge on any atom is 0.346 e. The van der Waals surface area contributed by atoms with Gasteiger partial charge in [0.15, 0.2) is 0 Å². The summed E-state index contributed by atoms with van der Waals surface area (Å²) in [5.41, 5.74) is 25.5. The van der Waals surface area contributed by atoms with Crippen molar-refractivity contribution in [3.63, 3.8) is 0 Å². The maximum atomic E-state index is 12.2. The minimum atomic E-state index is -1.41. The second kappa shape index (κ2) is 4.66. The molecule has 0 radical (unpaired) electrons. The number of cyclic esters (lactones) is 4. The highest BCUT2D eigenvalue weighted by Gasteiger charge is 2.87. The molecule has 32 heavy (non-hydrogen) atoms. The van der Waals surface area contributed by atoms with Crippen LogP contribution in [0.15, 0.2) is 24.3 Å². The smallest absolute Gasteiger partial charge is 0.346 e. The van der Waals surface area contributed by atoms with E-state index in [4.69, 9.17) is 32.4 Å². The van der Waals surface area contributed by atoms with Gasteiger partial charge in [-0.25, -0.2) is 19.2 Å². The Labute approximate surface area is 179 Å². The van der Waals surface area contributed by atoms with Gasteiger partial charge in [-0.2, -0.15) is 0 Å². The van der Waals surface area contributed by atoms with Gasteiger partial charge in [0, 0.05) is 0 Å². The fourth-order valence-corrected chi connectivity index (χ4v) is 6.82. The molecule has 10 nitrogen and oxygen atoms in total. The highest BCUT2D eigenvalue weighted by Crippen LogP contribution is 2.71. The summed E-state index contributed by atoms with van der Waals surface area (Å²) in [5.74, 6) is -2.97. The van der Waals surface area contributed by atoms with Gasteiger partial charge in [0.1, 0.15) is 0 Å². The maximum absolute atomic E-state index is 12.2. The topological polar surface area (TPSA) is 191 Å². The Hall–Kier alpha value is -3.44. The number of nitrogens with two attached hydrogens (primary N) is 4. The molecule has 160 valence electrons. The van der Waals surface area contributed by atoms with Crippen LogP contribution >= 0.6 is 0 Å². The zero-order valence-electron chi connectivity index (χ0n) is 16.5. The van der Waals surface area contributed by atoms with Crippen LogP contribution in [0, 0.1) is 0 Å². The van der Waals surface area contributed by atoms with E-state index in [0.29, 0.717) is 22.3 Å². The van der Waals surface area contributed by atoms with Crippen molar-refractivity contribution in [1.29, 1.82) is 0 Å². The van der Waals surface area contributed by atoms with Crippen LogP contribution in [-0.2, 0) is 33.4 Å². The van der Waals surface area contributed by atoms with E-state index in [0.717, 1.165) is 0 Å². The average Bonchev–Trinajstić information content (AvgIpc) is 3.33. The van der Waals surface area contributed by atoms with Gasteiger partial charge < -0.3 is 32.4 Å². The molecule has 10 heteroatoms. The van der Waals surface area contributed by atoms with Crippen LogP contribution < -0.4 is 22.9 Å². The lowest BCUT2D eigenvalue weighted by atomic mass is 9.39. The first kappa shape index (κ1) is 18.2. The molecule has 5 aliphatic rings. The van der Waals surface area contributed by atoms with Crippen LogP contribution in [0.1, 0.15) is 63.7 Å². The van der Waals surface area contributed by atoms with E-state index >= 15 is 0 Å². The van der Waals surface area contributed by atoms with Crippen LogP contribution in [0.4, 0.5) is 0 Å². The van der Waals surface area contributed by atoms with Crippen LogP contribution in [0.25, 0.3) is 0 Å². The van der Waals surface area contributed by atoms with E-state index in [1.165, 1.54) is 12.1 Å². The molecule has 4 unspecified atom stereocenters. The molecule has 0 aromatic heterocycles. The molecule has 0 spiro atoms. The monoisotopic (exact) mass is 432 g/mol. The van der Waals surface area contributed by atoms with Crippen molar-refractivity contribution >= 4 is 23.9 Å². The highest BCUT2D eigenvalue weighted by atomic mass is 16.6. The summed E-state index contributed by atoms with van der Waals surface area (Å²) in [4.78, 5) is 48.4. The average molecular weight is 432 g/mol. The third kappa shape index (κ3) is 1.42. The van der Waals surface area contributed by atoms with Gasteiger partial charge in [-0.15, -0.1) is 0 Å². The van der Waals surface area contributed by atoms with E-state index < -0.39 is 46.0 Å². The van der Waals surface area contributed by atoms with Gasteiger partial charge in [-0.3, -0.25) is 0 Å². The Balaban J connectivity index is 1.50. The summed E-state index contributed by atoms with van der Waals surface area (Å²) in [5, 5.41) is 0. The summed E-state index contributed by atoms with van der Waals surface area (Å²) in [6.07, 6.45) is 0.468. The number of esters is 4. The lowest BCUT2D eigenvalue weighted by Gasteiger charge is -2.73. The summed E-state index contributed by atoms with van der Waals surface area (Å²) < 4.78 is 9.44. The molecule has 0 amide bonds.